The molecule has 24 heavy (non-hydrogen) atoms. The van der Waals surface area contributed by atoms with Crippen LogP contribution in [0.1, 0.15) is 18.4 Å². The van der Waals surface area contributed by atoms with Gasteiger partial charge in [0, 0.05) is 60.4 Å². The van der Waals surface area contributed by atoms with E-state index in [0.717, 1.165) is 24.4 Å². The molecule has 1 aliphatic heterocycles. The largest absolute Gasteiger partial charge is 0.381 e. The molecule has 2 rings (SSSR count). The number of methoxy groups -OCH3 is 1. The van der Waals surface area contributed by atoms with Crippen molar-refractivity contribution < 1.29 is 13.9 Å². The quantitative estimate of drug-likeness (QED) is 0.425. The summed E-state index contributed by atoms with van der Waals surface area (Å²) in [4.78, 5) is 6.28. The van der Waals surface area contributed by atoms with Gasteiger partial charge in [0.25, 0.3) is 0 Å². The van der Waals surface area contributed by atoms with E-state index in [-0.39, 0.29) is 35.4 Å². The second kappa shape index (κ2) is 10.1. The zero-order chi connectivity index (χ0) is 16.7. The maximum absolute atomic E-state index is 13.3. The number of nitrogens with one attached hydrogen (secondary N) is 1. The molecule has 0 radical (unpaired) electrons. The van der Waals surface area contributed by atoms with Gasteiger partial charge < -0.3 is 19.7 Å². The normalized spacial score (nSPS) is 17.1. The molecule has 0 unspecified atom stereocenters. The predicted octanol–water partition coefficient (Wildman–Crippen LogP) is 2.65. The van der Waals surface area contributed by atoms with Crippen LogP contribution in [-0.2, 0) is 16.0 Å². The zero-order valence-corrected chi connectivity index (χ0v) is 16.9. The summed E-state index contributed by atoms with van der Waals surface area (Å²) in [6.07, 6.45) is 1.72. The number of guanidine groups is 1. The van der Waals surface area contributed by atoms with Gasteiger partial charge >= 0.3 is 0 Å². The summed E-state index contributed by atoms with van der Waals surface area (Å²) in [5, 5.41) is 3.37. The van der Waals surface area contributed by atoms with Crippen LogP contribution in [-0.4, -0.2) is 57.4 Å². The summed E-state index contributed by atoms with van der Waals surface area (Å²) in [5.41, 5.74) is 0.691. The maximum atomic E-state index is 13.3. The Morgan fingerprint density at radius 3 is 2.71 bits per heavy atom. The summed E-state index contributed by atoms with van der Waals surface area (Å²) in [7, 11) is 5.42. The van der Waals surface area contributed by atoms with E-state index in [0.29, 0.717) is 26.3 Å². The van der Waals surface area contributed by atoms with Crippen molar-refractivity contribution in [1.82, 2.24) is 10.2 Å². The van der Waals surface area contributed by atoms with Crippen LogP contribution in [0, 0.1) is 5.82 Å². The molecular weight excluding hydrogens is 424 g/mol. The van der Waals surface area contributed by atoms with Gasteiger partial charge in [-0.3, -0.25) is 4.99 Å². The minimum absolute atomic E-state index is 0. The minimum atomic E-state index is -0.223. The van der Waals surface area contributed by atoms with Crippen LogP contribution in [0.3, 0.4) is 0 Å². The first-order valence-corrected chi connectivity index (χ1v) is 7.88. The van der Waals surface area contributed by atoms with E-state index < -0.39 is 0 Å². The SMILES string of the molecule is CN=C(NCC1(OC)CCOCC1)N(C)Cc1cccc(F)c1.I. The van der Waals surface area contributed by atoms with Crippen LogP contribution in [0.2, 0.25) is 0 Å². The van der Waals surface area contributed by atoms with Gasteiger partial charge in [-0.1, -0.05) is 12.1 Å². The topological polar surface area (TPSA) is 46.1 Å². The van der Waals surface area contributed by atoms with Gasteiger partial charge in [-0.05, 0) is 17.7 Å². The van der Waals surface area contributed by atoms with Crippen LogP contribution in [0.5, 0.6) is 0 Å². The maximum Gasteiger partial charge on any atom is 0.193 e. The summed E-state index contributed by atoms with van der Waals surface area (Å²) >= 11 is 0. The van der Waals surface area contributed by atoms with Crippen LogP contribution in [0.25, 0.3) is 0 Å². The highest BCUT2D eigenvalue weighted by atomic mass is 127. The number of rotatable bonds is 5. The van der Waals surface area contributed by atoms with Crippen LogP contribution < -0.4 is 5.32 Å². The third kappa shape index (κ3) is 5.86. The molecule has 1 aromatic rings. The molecule has 0 saturated carbocycles. The van der Waals surface area contributed by atoms with Crippen LogP contribution in [0.4, 0.5) is 4.39 Å². The highest BCUT2D eigenvalue weighted by Crippen LogP contribution is 2.23. The lowest BCUT2D eigenvalue weighted by atomic mass is 9.94. The Balaban J connectivity index is 0.00000288. The molecule has 1 aromatic carbocycles. The van der Waals surface area contributed by atoms with Crippen molar-refractivity contribution in [3.05, 3.63) is 35.6 Å². The Morgan fingerprint density at radius 2 is 2.12 bits per heavy atom. The van der Waals surface area contributed by atoms with E-state index in [4.69, 9.17) is 9.47 Å². The predicted molar refractivity (Wildman–Crippen MR) is 104 cm³/mol. The average molecular weight is 451 g/mol. The molecule has 1 fully saturated rings. The molecule has 0 spiro atoms. The van der Waals surface area contributed by atoms with Crippen molar-refractivity contribution in [2.24, 2.45) is 4.99 Å². The Morgan fingerprint density at radius 1 is 1.42 bits per heavy atom. The number of halogens is 2. The Bertz CT molecular complexity index is 536. The molecule has 136 valence electrons. The molecule has 1 heterocycles. The Labute approximate surface area is 160 Å². The van der Waals surface area contributed by atoms with E-state index in [2.05, 4.69) is 10.3 Å². The third-order valence-electron chi connectivity index (χ3n) is 4.29. The summed E-state index contributed by atoms with van der Waals surface area (Å²) in [6, 6.07) is 6.61. The first-order chi connectivity index (χ1) is 11.1. The lowest BCUT2D eigenvalue weighted by Gasteiger charge is -2.37. The molecule has 1 aliphatic rings. The zero-order valence-electron chi connectivity index (χ0n) is 14.5. The molecular formula is C17H27FIN3O2. The van der Waals surface area contributed by atoms with Crippen LogP contribution in [0.15, 0.2) is 29.3 Å². The number of aliphatic imine (C=N–C) groups is 1. The van der Waals surface area contributed by atoms with Gasteiger partial charge in [-0.15, -0.1) is 24.0 Å². The molecule has 1 saturated heterocycles. The van der Waals surface area contributed by atoms with Crippen molar-refractivity contribution in [1.29, 1.82) is 0 Å². The lowest BCUT2D eigenvalue weighted by Crippen LogP contribution is -2.50. The minimum Gasteiger partial charge on any atom is -0.381 e. The first kappa shape index (κ1) is 21.1. The van der Waals surface area contributed by atoms with E-state index >= 15 is 0 Å². The van der Waals surface area contributed by atoms with E-state index in [1.54, 1.807) is 26.3 Å². The van der Waals surface area contributed by atoms with Crippen molar-refractivity contribution in [2.45, 2.75) is 25.0 Å². The smallest absolute Gasteiger partial charge is 0.193 e. The van der Waals surface area contributed by atoms with E-state index in [1.165, 1.54) is 6.07 Å². The number of hydrogen-bond acceptors (Lipinski definition) is 3. The van der Waals surface area contributed by atoms with Gasteiger partial charge in [0.15, 0.2) is 5.96 Å². The fourth-order valence-electron chi connectivity index (χ4n) is 2.81. The fraction of sp³-hybridized carbons (Fsp3) is 0.588. The van der Waals surface area contributed by atoms with Crippen molar-refractivity contribution in [2.75, 3.05) is 41.0 Å². The van der Waals surface area contributed by atoms with E-state index in [9.17, 15) is 4.39 Å². The number of benzene rings is 1. The van der Waals surface area contributed by atoms with Gasteiger partial charge in [0.1, 0.15) is 5.82 Å². The number of hydrogen-bond donors (Lipinski definition) is 1. The Hall–Kier alpha value is -0.930. The second-order valence-electron chi connectivity index (χ2n) is 5.89. The standard InChI is InChI=1S/C17H26FN3O2.HI/c1-19-16(20-13-17(22-3)7-9-23-10-8-17)21(2)12-14-5-4-6-15(18)11-14;/h4-6,11H,7-10,12-13H2,1-3H3,(H,19,20);1H. The van der Waals surface area contributed by atoms with Gasteiger partial charge in [0.05, 0.1) is 5.60 Å². The summed E-state index contributed by atoms with van der Waals surface area (Å²) < 4.78 is 24.4. The molecule has 0 aromatic heterocycles. The summed E-state index contributed by atoms with van der Waals surface area (Å²) in [5.74, 6) is 0.538. The van der Waals surface area contributed by atoms with Gasteiger partial charge in [-0.2, -0.15) is 0 Å². The molecule has 0 atom stereocenters. The molecule has 0 bridgehead atoms. The number of ether oxygens (including phenoxy) is 2. The van der Waals surface area contributed by atoms with Crippen molar-refractivity contribution in [3.63, 3.8) is 0 Å². The monoisotopic (exact) mass is 451 g/mol. The lowest BCUT2D eigenvalue weighted by molar-refractivity contribution is -0.0857. The average Bonchev–Trinajstić information content (AvgIpc) is 2.56. The Kier molecular flexibility index (Phi) is 8.93. The van der Waals surface area contributed by atoms with Gasteiger partial charge in [0.2, 0.25) is 0 Å². The molecule has 5 nitrogen and oxygen atoms in total. The molecule has 0 aliphatic carbocycles. The van der Waals surface area contributed by atoms with E-state index in [1.807, 2.05) is 18.0 Å². The third-order valence-corrected chi connectivity index (χ3v) is 4.29. The van der Waals surface area contributed by atoms with Crippen LogP contribution >= 0.6 is 24.0 Å². The van der Waals surface area contributed by atoms with Crippen molar-refractivity contribution in [3.8, 4) is 0 Å². The summed E-state index contributed by atoms with van der Waals surface area (Å²) in [6.45, 7) is 2.69. The fourth-order valence-corrected chi connectivity index (χ4v) is 2.81. The highest BCUT2D eigenvalue weighted by molar-refractivity contribution is 14.0. The molecule has 1 N–H and O–H groups in total. The first-order valence-electron chi connectivity index (χ1n) is 7.88. The van der Waals surface area contributed by atoms with Crippen molar-refractivity contribution >= 4 is 29.9 Å². The highest BCUT2D eigenvalue weighted by Gasteiger charge is 2.32. The molecule has 0 amide bonds. The van der Waals surface area contributed by atoms with Gasteiger partial charge in [-0.25, -0.2) is 4.39 Å². The number of nitrogens with zero attached hydrogens (tertiary/aromatic N) is 2. The molecule has 7 heteroatoms. The second-order valence-corrected chi connectivity index (χ2v) is 5.89.